The van der Waals surface area contributed by atoms with E-state index in [1.165, 1.54) is 12.8 Å². The van der Waals surface area contributed by atoms with Gasteiger partial charge in [-0.25, -0.2) is 0 Å². The van der Waals surface area contributed by atoms with Gasteiger partial charge in [0.25, 0.3) is 5.91 Å². The van der Waals surface area contributed by atoms with E-state index in [1.807, 2.05) is 0 Å². The Balaban J connectivity index is 1.66. The molecule has 0 aromatic carbocycles. The average molecular weight is 248 g/mol. The van der Waals surface area contributed by atoms with Crippen molar-refractivity contribution in [1.29, 1.82) is 0 Å². The van der Waals surface area contributed by atoms with Gasteiger partial charge in [0.1, 0.15) is 6.26 Å². The van der Waals surface area contributed by atoms with E-state index < -0.39 is 0 Å². The quantitative estimate of drug-likeness (QED) is 0.885. The van der Waals surface area contributed by atoms with Gasteiger partial charge in [-0.1, -0.05) is 0 Å². The first-order valence-corrected chi connectivity index (χ1v) is 6.88. The second kappa shape index (κ2) is 5.14. The monoisotopic (exact) mass is 248 g/mol. The number of hydrogen-bond acceptors (Lipinski definition) is 3. The third-order valence-corrected chi connectivity index (χ3v) is 3.93. The first-order valence-electron chi connectivity index (χ1n) is 6.88. The van der Waals surface area contributed by atoms with E-state index in [0.29, 0.717) is 17.5 Å². The highest BCUT2D eigenvalue weighted by molar-refractivity contribution is 5.94. The van der Waals surface area contributed by atoms with Gasteiger partial charge in [0.2, 0.25) is 0 Å². The minimum absolute atomic E-state index is 0.143. The number of carbonyl (C=O) groups is 1. The van der Waals surface area contributed by atoms with Crippen LogP contribution >= 0.6 is 0 Å². The van der Waals surface area contributed by atoms with E-state index >= 15 is 0 Å². The molecule has 1 aliphatic carbocycles. The molecule has 4 nitrogen and oxygen atoms in total. The Hall–Kier alpha value is -1.29. The number of furan rings is 1. The molecule has 98 valence electrons. The molecule has 2 heterocycles. The Kier molecular flexibility index (Phi) is 3.37. The van der Waals surface area contributed by atoms with E-state index in [0.717, 1.165) is 32.5 Å². The summed E-state index contributed by atoms with van der Waals surface area (Å²) in [6, 6.07) is 2.24. The Bertz CT molecular complexity index is 392. The molecule has 0 bridgehead atoms. The van der Waals surface area contributed by atoms with Crippen LogP contribution < -0.4 is 5.32 Å². The maximum atomic E-state index is 12.4. The van der Waals surface area contributed by atoms with Crippen molar-refractivity contribution in [3.05, 3.63) is 24.2 Å². The van der Waals surface area contributed by atoms with E-state index in [-0.39, 0.29) is 5.91 Å². The predicted octanol–water partition coefficient (Wildman–Crippen LogP) is 1.88. The first kappa shape index (κ1) is 11.8. The van der Waals surface area contributed by atoms with E-state index in [9.17, 15) is 4.79 Å². The molecule has 3 rings (SSSR count). The minimum atomic E-state index is 0.143. The van der Waals surface area contributed by atoms with Crippen molar-refractivity contribution in [2.75, 3.05) is 19.6 Å². The lowest BCUT2D eigenvalue weighted by Gasteiger charge is -2.30. The number of piperidine rings is 1. The van der Waals surface area contributed by atoms with Crippen LogP contribution in [-0.2, 0) is 0 Å². The third kappa shape index (κ3) is 2.58. The van der Waals surface area contributed by atoms with Gasteiger partial charge in [-0.05, 0) is 50.8 Å². The second-order valence-electron chi connectivity index (χ2n) is 5.39. The first-order chi connectivity index (χ1) is 8.84. The maximum absolute atomic E-state index is 12.4. The molecule has 0 radical (unpaired) electrons. The number of nitrogens with one attached hydrogen (secondary N) is 1. The summed E-state index contributed by atoms with van der Waals surface area (Å²) in [5.41, 5.74) is 0.691. The molecule has 1 aliphatic heterocycles. The molecule has 1 N–H and O–H groups in total. The summed E-state index contributed by atoms with van der Waals surface area (Å²) in [5, 5.41) is 3.37. The summed E-state index contributed by atoms with van der Waals surface area (Å²) in [4.78, 5) is 14.5. The standard InChI is InChI=1S/C14H20N2O2/c17-14(12-5-8-18-10-12)16(13-1-2-13)9-11-3-6-15-7-4-11/h5,8,10-11,13,15H,1-4,6-7,9H2. The largest absolute Gasteiger partial charge is 0.472 e. The molecular weight excluding hydrogens is 228 g/mol. The van der Waals surface area contributed by atoms with Crippen LogP contribution in [0.3, 0.4) is 0 Å². The van der Waals surface area contributed by atoms with Crippen molar-refractivity contribution < 1.29 is 9.21 Å². The number of carbonyl (C=O) groups excluding carboxylic acids is 1. The van der Waals surface area contributed by atoms with E-state index in [1.54, 1.807) is 18.6 Å². The molecule has 0 unspecified atom stereocenters. The summed E-state index contributed by atoms with van der Waals surface area (Å²) < 4.78 is 5.02. The van der Waals surface area contributed by atoms with Gasteiger partial charge >= 0.3 is 0 Å². The summed E-state index contributed by atoms with van der Waals surface area (Å²) in [6.07, 6.45) is 7.82. The van der Waals surface area contributed by atoms with Crippen molar-refractivity contribution in [3.8, 4) is 0 Å². The molecule has 2 aliphatic rings. The van der Waals surface area contributed by atoms with Crippen molar-refractivity contribution in [3.63, 3.8) is 0 Å². The smallest absolute Gasteiger partial charge is 0.257 e. The van der Waals surface area contributed by atoms with Crippen LogP contribution in [-0.4, -0.2) is 36.5 Å². The zero-order valence-corrected chi connectivity index (χ0v) is 10.6. The lowest BCUT2D eigenvalue weighted by molar-refractivity contribution is 0.0701. The topological polar surface area (TPSA) is 45.5 Å². The molecule has 0 spiro atoms. The lowest BCUT2D eigenvalue weighted by atomic mass is 9.97. The van der Waals surface area contributed by atoms with Crippen LogP contribution in [0.2, 0.25) is 0 Å². The molecule has 1 aromatic rings. The molecule has 1 aromatic heterocycles. The summed E-state index contributed by atoms with van der Waals surface area (Å²) >= 11 is 0. The van der Waals surface area contributed by atoms with Crippen LogP contribution in [0.25, 0.3) is 0 Å². The highest BCUT2D eigenvalue weighted by Crippen LogP contribution is 2.30. The van der Waals surface area contributed by atoms with E-state index in [4.69, 9.17) is 4.42 Å². The average Bonchev–Trinajstić information content (AvgIpc) is 3.10. The Morgan fingerprint density at radius 2 is 2.11 bits per heavy atom. The molecule has 1 saturated carbocycles. The fourth-order valence-corrected chi connectivity index (χ4v) is 2.68. The van der Waals surface area contributed by atoms with Crippen LogP contribution in [0.15, 0.2) is 23.0 Å². The van der Waals surface area contributed by atoms with Crippen molar-refractivity contribution in [2.24, 2.45) is 5.92 Å². The highest BCUT2D eigenvalue weighted by Gasteiger charge is 2.34. The lowest BCUT2D eigenvalue weighted by Crippen LogP contribution is -2.40. The Morgan fingerprint density at radius 3 is 2.72 bits per heavy atom. The van der Waals surface area contributed by atoms with Gasteiger partial charge in [-0.3, -0.25) is 4.79 Å². The second-order valence-corrected chi connectivity index (χ2v) is 5.39. The number of nitrogens with zero attached hydrogens (tertiary/aromatic N) is 1. The number of hydrogen-bond donors (Lipinski definition) is 1. The molecular formula is C14H20N2O2. The summed E-state index contributed by atoms with van der Waals surface area (Å²) in [5.74, 6) is 0.799. The van der Waals surface area contributed by atoms with Gasteiger partial charge < -0.3 is 14.6 Å². The molecule has 4 heteroatoms. The molecule has 2 fully saturated rings. The summed E-state index contributed by atoms with van der Waals surface area (Å²) in [7, 11) is 0. The number of rotatable bonds is 4. The summed E-state index contributed by atoms with van der Waals surface area (Å²) in [6.45, 7) is 3.09. The normalized spacial score (nSPS) is 20.9. The van der Waals surface area contributed by atoms with Crippen molar-refractivity contribution in [1.82, 2.24) is 10.2 Å². The number of amides is 1. The molecule has 18 heavy (non-hydrogen) atoms. The van der Waals surface area contributed by atoms with Gasteiger partial charge in [0.05, 0.1) is 11.8 Å². The zero-order valence-electron chi connectivity index (χ0n) is 10.6. The van der Waals surface area contributed by atoms with Gasteiger partial charge in [-0.15, -0.1) is 0 Å². The fraction of sp³-hybridized carbons (Fsp3) is 0.643. The fourth-order valence-electron chi connectivity index (χ4n) is 2.68. The van der Waals surface area contributed by atoms with Crippen molar-refractivity contribution in [2.45, 2.75) is 31.7 Å². The van der Waals surface area contributed by atoms with E-state index in [2.05, 4.69) is 10.2 Å². The van der Waals surface area contributed by atoms with Gasteiger partial charge in [-0.2, -0.15) is 0 Å². The predicted molar refractivity (Wildman–Crippen MR) is 68.4 cm³/mol. The highest BCUT2D eigenvalue weighted by atomic mass is 16.3. The Morgan fingerprint density at radius 1 is 1.33 bits per heavy atom. The SMILES string of the molecule is O=C(c1ccoc1)N(CC1CCNCC1)C1CC1. The van der Waals surface area contributed by atoms with Crippen LogP contribution in [0, 0.1) is 5.92 Å². The maximum Gasteiger partial charge on any atom is 0.257 e. The van der Waals surface area contributed by atoms with Gasteiger partial charge in [0.15, 0.2) is 0 Å². The van der Waals surface area contributed by atoms with Gasteiger partial charge in [0, 0.05) is 12.6 Å². The van der Waals surface area contributed by atoms with Crippen LogP contribution in [0.1, 0.15) is 36.0 Å². The van der Waals surface area contributed by atoms with Crippen LogP contribution in [0.4, 0.5) is 0 Å². The minimum Gasteiger partial charge on any atom is -0.472 e. The molecule has 1 saturated heterocycles. The molecule has 1 amide bonds. The third-order valence-electron chi connectivity index (χ3n) is 3.93. The van der Waals surface area contributed by atoms with Crippen LogP contribution in [0.5, 0.6) is 0 Å². The zero-order chi connectivity index (χ0) is 12.4. The van der Waals surface area contributed by atoms with Crippen molar-refractivity contribution >= 4 is 5.91 Å². The Labute approximate surface area is 107 Å². The molecule has 0 atom stereocenters.